The van der Waals surface area contributed by atoms with Crippen LogP contribution in [0.3, 0.4) is 0 Å². The van der Waals surface area contributed by atoms with Gasteiger partial charge in [0.15, 0.2) is 0 Å². The normalized spacial score (nSPS) is 11.1. The molecule has 12 heteroatoms. The molecule has 12 nitrogen and oxygen atoms in total. The van der Waals surface area contributed by atoms with Gasteiger partial charge in [-0.15, -0.1) is 5.10 Å². The Bertz CT molecular complexity index is 791. The van der Waals surface area contributed by atoms with Gasteiger partial charge in [0.2, 0.25) is 11.8 Å². The average Bonchev–Trinajstić information content (AvgIpc) is 3.43. The number of nitrogens with one attached hydrogen (secondary N) is 4. The Hall–Kier alpha value is -3.28. The molecule has 0 saturated carbocycles. The Kier molecular flexibility index (Phi) is 12.2. The smallest absolute Gasteiger partial charge is 0.307 e. The number of carbonyl (C=O) groups excluding carboxylic acids is 3. The molecule has 0 spiro atoms. The van der Waals surface area contributed by atoms with E-state index in [1.165, 1.54) is 17.9 Å². The first kappa shape index (κ1) is 25.8. The maximum Gasteiger partial charge on any atom is 0.307 e. The lowest BCUT2D eigenvalue weighted by Gasteiger charge is -2.16. The molecule has 0 fully saturated rings. The van der Waals surface area contributed by atoms with E-state index in [0.717, 1.165) is 5.69 Å². The predicted octanol–water partition coefficient (Wildman–Crippen LogP) is -0.456. The van der Waals surface area contributed by atoms with E-state index in [-0.39, 0.29) is 37.4 Å². The van der Waals surface area contributed by atoms with Crippen molar-refractivity contribution in [2.75, 3.05) is 20.2 Å². The lowest BCUT2D eigenvalue weighted by atomic mass is 10.1. The van der Waals surface area contributed by atoms with E-state index in [4.69, 9.17) is 4.74 Å². The van der Waals surface area contributed by atoms with Gasteiger partial charge in [-0.05, 0) is 7.05 Å². The minimum Gasteiger partial charge on any atom is -0.464 e. The van der Waals surface area contributed by atoms with Crippen molar-refractivity contribution in [1.29, 1.82) is 0 Å². The number of hydrogen-bond donors (Lipinski definition) is 4. The van der Waals surface area contributed by atoms with Gasteiger partial charge in [-0.1, -0.05) is 19.1 Å². The number of imidazole rings is 1. The van der Waals surface area contributed by atoms with Crippen molar-refractivity contribution in [3.05, 3.63) is 30.1 Å². The molecule has 2 heterocycles. The van der Waals surface area contributed by atoms with Gasteiger partial charge in [0.05, 0.1) is 32.0 Å². The Labute approximate surface area is 181 Å². The molecule has 0 saturated heterocycles. The molecule has 172 valence electrons. The monoisotopic (exact) mass is 436 g/mol. The zero-order valence-corrected chi connectivity index (χ0v) is 18.5. The van der Waals surface area contributed by atoms with Crippen LogP contribution in [-0.4, -0.2) is 69.0 Å². The topological polar surface area (TPSA) is 156 Å². The molecular weight excluding hydrogens is 404 g/mol. The Morgan fingerprint density at radius 2 is 2.06 bits per heavy atom. The van der Waals surface area contributed by atoms with E-state index in [2.05, 4.69) is 36.2 Å². The molecule has 2 aromatic heterocycles. The van der Waals surface area contributed by atoms with Crippen molar-refractivity contribution in [1.82, 2.24) is 40.9 Å². The molecule has 0 aliphatic carbocycles. The Balaban J connectivity index is 0.00000233. The zero-order valence-electron chi connectivity index (χ0n) is 18.5. The summed E-state index contributed by atoms with van der Waals surface area (Å²) in [6.45, 7) is 6.61. The average molecular weight is 437 g/mol. The summed E-state index contributed by atoms with van der Waals surface area (Å²) < 4.78 is 6.62. The summed E-state index contributed by atoms with van der Waals surface area (Å²) in [5, 5.41) is 16.1. The lowest BCUT2D eigenvalue weighted by Crippen LogP contribution is -2.47. The first-order valence-electron chi connectivity index (χ1n) is 10.2. The Morgan fingerprint density at radius 3 is 2.71 bits per heavy atom. The van der Waals surface area contributed by atoms with Gasteiger partial charge in [-0.25, -0.2) is 9.67 Å². The maximum absolute atomic E-state index is 12.4. The van der Waals surface area contributed by atoms with Crippen molar-refractivity contribution in [2.45, 2.75) is 52.7 Å². The quantitative estimate of drug-likeness (QED) is 0.326. The second-order valence-corrected chi connectivity index (χ2v) is 6.30. The van der Waals surface area contributed by atoms with E-state index < -0.39 is 6.04 Å². The molecule has 31 heavy (non-hydrogen) atoms. The van der Waals surface area contributed by atoms with Crippen LogP contribution in [0.25, 0.3) is 0 Å². The van der Waals surface area contributed by atoms with Gasteiger partial charge in [0, 0.05) is 31.8 Å². The molecule has 0 aliphatic heterocycles. The first-order valence-corrected chi connectivity index (χ1v) is 10.2. The fourth-order valence-corrected chi connectivity index (χ4v) is 2.45. The number of aromatic nitrogens is 5. The minimum atomic E-state index is -0.736. The first-order chi connectivity index (χ1) is 15.0. The molecule has 0 aliphatic rings. The number of aromatic amines is 1. The third-order valence-corrected chi connectivity index (χ3v) is 3.87. The summed E-state index contributed by atoms with van der Waals surface area (Å²) in [6, 6.07) is -0.736. The number of H-pyrrole nitrogens is 1. The molecule has 2 rings (SSSR count). The number of amides is 2. The van der Waals surface area contributed by atoms with Crippen molar-refractivity contribution in [3.63, 3.8) is 0 Å². The van der Waals surface area contributed by atoms with Crippen LogP contribution in [0.2, 0.25) is 0 Å². The van der Waals surface area contributed by atoms with E-state index in [9.17, 15) is 14.4 Å². The largest absolute Gasteiger partial charge is 0.464 e. The van der Waals surface area contributed by atoms with Gasteiger partial charge in [0.25, 0.3) is 0 Å². The third kappa shape index (κ3) is 10.3. The molecule has 2 amide bonds. The van der Waals surface area contributed by atoms with Crippen molar-refractivity contribution in [3.8, 4) is 0 Å². The van der Waals surface area contributed by atoms with Crippen LogP contribution in [-0.2, 0) is 38.6 Å². The highest BCUT2D eigenvalue weighted by Crippen LogP contribution is 2.00. The molecule has 1 unspecified atom stereocenters. The summed E-state index contributed by atoms with van der Waals surface area (Å²) in [5.74, 6) is -0.934. The van der Waals surface area contributed by atoms with Crippen LogP contribution >= 0.6 is 0 Å². The van der Waals surface area contributed by atoms with E-state index in [0.29, 0.717) is 25.2 Å². The number of ether oxygens (including phenoxy) is 1. The SMILES string of the molecule is CC.CNCCC(=O)OCCn1cc(CNC(=O)C(Cc2cnc[nH]2)NC(C)=O)nn1. The van der Waals surface area contributed by atoms with E-state index in [1.54, 1.807) is 19.4 Å². The van der Waals surface area contributed by atoms with Crippen LogP contribution in [0.4, 0.5) is 0 Å². The fraction of sp³-hybridized carbons (Fsp3) is 0.579. The fourth-order valence-electron chi connectivity index (χ4n) is 2.45. The van der Waals surface area contributed by atoms with Crippen LogP contribution in [0.15, 0.2) is 18.7 Å². The summed E-state index contributed by atoms with van der Waals surface area (Å²) in [7, 11) is 1.76. The van der Waals surface area contributed by atoms with Crippen LogP contribution in [0.5, 0.6) is 0 Å². The second-order valence-electron chi connectivity index (χ2n) is 6.30. The van der Waals surface area contributed by atoms with Gasteiger partial charge in [-0.3, -0.25) is 14.4 Å². The number of hydrogen-bond acceptors (Lipinski definition) is 8. The summed E-state index contributed by atoms with van der Waals surface area (Å²) in [6.07, 6.45) is 5.35. The second kappa shape index (κ2) is 14.7. The highest BCUT2D eigenvalue weighted by Gasteiger charge is 2.20. The van der Waals surface area contributed by atoms with Crippen molar-refractivity contribution >= 4 is 17.8 Å². The van der Waals surface area contributed by atoms with Crippen LogP contribution in [0.1, 0.15) is 38.6 Å². The lowest BCUT2D eigenvalue weighted by molar-refractivity contribution is -0.143. The third-order valence-electron chi connectivity index (χ3n) is 3.87. The molecule has 0 aromatic carbocycles. The summed E-state index contributed by atoms with van der Waals surface area (Å²) in [4.78, 5) is 42.1. The molecular formula is C19H32N8O4. The van der Waals surface area contributed by atoms with E-state index >= 15 is 0 Å². The molecule has 2 aromatic rings. The van der Waals surface area contributed by atoms with Gasteiger partial charge >= 0.3 is 5.97 Å². The van der Waals surface area contributed by atoms with Gasteiger partial charge in [-0.2, -0.15) is 0 Å². The molecule has 1 atom stereocenters. The molecule has 0 bridgehead atoms. The number of rotatable bonds is 12. The van der Waals surface area contributed by atoms with Crippen LogP contribution in [0, 0.1) is 0 Å². The van der Waals surface area contributed by atoms with E-state index in [1.807, 2.05) is 13.8 Å². The Morgan fingerprint density at radius 1 is 1.29 bits per heavy atom. The highest BCUT2D eigenvalue weighted by molar-refractivity contribution is 5.86. The standard InChI is InChI=1S/C17H26N8O4.C2H6/c1-12(26)22-15(7-13-8-19-11-21-13)17(28)20-9-14-10-25(24-23-14)5-6-29-16(27)3-4-18-2;1-2/h8,10-11,15,18H,3-7,9H2,1-2H3,(H,19,21)(H,20,28)(H,22,26);1-2H3. The number of nitrogens with zero attached hydrogens (tertiary/aromatic N) is 4. The molecule has 0 radical (unpaired) electrons. The summed E-state index contributed by atoms with van der Waals surface area (Å²) >= 11 is 0. The van der Waals surface area contributed by atoms with Crippen molar-refractivity contribution in [2.24, 2.45) is 0 Å². The zero-order chi connectivity index (χ0) is 23.1. The number of carbonyl (C=O) groups is 3. The highest BCUT2D eigenvalue weighted by atomic mass is 16.5. The van der Waals surface area contributed by atoms with Gasteiger partial charge in [0.1, 0.15) is 18.3 Å². The summed E-state index contributed by atoms with van der Waals surface area (Å²) in [5.41, 5.74) is 1.28. The van der Waals surface area contributed by atoms with Crippen LogP contribution < -0.4 is 16.0 Å². The van der Waals surface area contributed by atoms with Gasteiger partial charge < -0.3 is 25.7 Å². The minimum absolute atomic E-state index is 0.153. The van der Waals surface area contributed by atoms with Crippen molar-refractivity contribution < 1.29 is 19.1 Å². The maximum atomic E-state index is 12.4. The molecule has 4 N–H and O–H groups in total. The number of esters is 1. The predicted molar refractivity (Wildman–Crippen MR) is 113 cm³/mol.